The van der Waals surface area contributed by atoms with E-state index in [1.807, 2.05) is 20.8 Å². The van der Waals surface area contributed by atoms with Gasteiger partial charge in [0.15, 0.2) is 0 Å². The van der Waals surface area contributed by atoms with Gasteiger partial charge < -0.3 is 10.2 Å². The molecule has 0 heterocycles. The van der Waals surface area contributed by atoms with Gasteiger partial charge >= 0.3 is 0 Å². The molecule has 3 heteroatoms. The van der Waals surface area contributed by atoms with Crippen LogP contribution in [0.25, 0.3) is 0 Å². The minimum absolute atomic E-state index is 0.0934. The van der Waals surface area contributed by atoms with Gasteiger partial charge in [0.05, 0.1) is 0 Å². The molecule has 122 valence electrons. The Hall–Kier alpha value is -1.51. The molecular formula is C19H30N2O. The molecule has 1 aliphatic carbocycles. The molecule has 1 saturated carbocycles. The highest BCUT2D eigenvalue weighted by Gasteiger charge is 2.21. The van der Waals surface area contributed by atoms with Crippen LogP contribution in [0.1, 0.15) is 58.4 Å². The lowest BCUT2D eigenvalue weighted by Crippen LogP contribution is -2.34. The van der Waals surface area contributed by atoms with Gasteiger partial charge in [-0.3, -0.25) is 4.79 Å². The van der Waals surface area contributed by atoms with Crippen molar-refractivity contribution in [2.45, 2.75) is 65.5 Å². The lowest BCUT2D eigenvalue weighted by Gasteiger charge is -2.33. The van der Waals surface area contributed by atoms with Gasteiger partial charge in [0, 0.05) is 30.7 Å². The molecule has 0 aromatic heterocycles. The molecule has 0 unspecified atom stereocenters. The zero-order chi connectivity index (χ0) is 16.2. The zero-order valence-electron chi connectivity index (χ0n) is 14.5. The van der Waals surface area contributed by atoms with Crippen LogP contribution >= 0.6 is 0 Å². The SMILES string of the molecule is CN(c1ccc(CNC(=O)C(C)(C)C)cc1)C1CCCCC1. The van der Waals surface area contributed by atoms with Gasteiger partial charge in [-0.05, 0) is 30.5 Å². The summed E-state index contributed by atoms with van der Waals surface area (Å²) in [4.78, 5) is 14.3. The van der Waals surface area contributed by atoms with E-state index >= 15 is 0 Å². The van der Waals surface area contributed by atoms with Crippen LogP contribution in [0.2, 0.25) is 0 Å². The van der Waals surface area contributed by atoms with Crippen molar-refractivity contribution in [2.75, 3.05) is 11.9 Å². The van der Waals surface area contributed by atoms with Crippen molar-refractivity contribution in [1.29, 1.82) is 0 Å². The maximum Gasteiger partial charge on any atom is 0.225 e. The molecule has 0 aliphatic heterocycles. The van der Waals surface area contributed by atoms with Gasteiger partial charge in [0.2, 0.25) is 5.91 Å². The van der Waals surface area contributed by atoms with Crippen molar-refractivity contribution in [2.24, 2.45) is 5.41 Å². The maximum absolute atomic E-state index is 11.9. The first-order chi connectivity index (χ1) is 10.4. The van der Waals surface area contributed by atoms with E-state index in [1.54, 1.807) is 0 Å². The van der Waals surface area contributed by atoms with Gasteiger partial charge in [-0.25, -0.2) is 0 Å². The number of anilines is 1. The van der Waals surface area contributed by atoms with Crippen molar-refractivity contribution in [3.05, 3.63) is 29.8 Å². The topological polar surface area (TPSA) is 32.3 Å². The number of amides is 1. The van der Waals surface area contributed by atoms with Gasteiger partial charge in [-0.2, -0.15) is 0 Å². The lowest BCUT2D eigenvalue weighted by molar-refractivity contribution is -0.128. The van der Waals surface area contributed by atoms with Crippen molar-refractivity contribution in [3.8, 4) is 0 Å². The molecule has 22 heavy (non-hydrogen) atoms. The van der Waals surface area contributed by atoms with Crippen LogP contribution in [-0.2, 0) is 11.3 Å². The Morgan fingerprint density at radius 1 is 1.14 bits per heavy atom. The third-order valence-corrected chi connectivity index (χ3v) is 4.60. The molecule has 2 rings (SSSR count). The van der Waals surface area contributed by atoms with Crippen LogP contribution in [-0.4, -0.2) is 19.0 Å². The second-order valence-electron chi connectivity index (χ2n) is 7.50. The van der Waals surface area contributed by atoms with E-state index in [0.29, 0.717) is 12.6 Å². The van der Waals surface area contributed by atoms with E-state index in [1.165, 1.54) is 37.8 Å². The number of nitrogens with one attached hydrogen (secondary N) is 1. The molecule has 0 radical (unpaired) electrons. The fraction of sp³-hybridized carbons (Fsp3) is 0.632. The maximum atomic E-state index is 11.9. The fourth-order valence-corrected chi connectivity index (χ4v) is 2.98. The van der Waals surface area contributed by atoms with E-state index in [2.05, 4.69) is 41.5 Å². The van der Waals surface area contributed by atoms with Crippen LogP contribution in [0.3, 0.4) is 0 Å². The third-order valence-electron chi connectivity index (χ3n) is 4.60. The van der Waals surface area contributed by atoms with Crippen LogP contribution < -0.4 is 10.2 Å². The van der Waals surface area contributed by atoms with Crippen LogP contribution in [0.15, 0.2) is 24.3 Å². The van der Waals surface area contributed by atoms with Gasteiger partial charge in [-0.1, -0.05) is 52.2 Å². The summed E-state index contributed by atoms with van der Waals surface area (Å²) in [5.41, 5.74) is 2.09. The lowest BCUT2D eigenvalue weighted by atomic mass is 9.94. The first kappa shape index (κ1) is 16.9. The van der Waals surface area contributed by atoms with Gasteiger partial charge in [0.1, 0.15) is 0 Å². The quantitative estimate of drug-likeness (QED) is 0.907. The molecule has 1 aromatic rings. The summed E-state index contributed by atoms with van der Waals surface area (Å²) in [7, 11) is 2.20. The molecule has 1 amide bonds. The standard InChI is InChI=1S/C19H30N2O/c1-19(2,3)18(22)20-14-15-10-12-17(13-11-15)21(4)16-8-6-5-7-9-16/h10-13,16H,5-9,14H2,1-4H3,(H,20,22). The molecule has 1 aromatic carbocycles. The summed E-state index contributed by atoms with van der Waals surface area (Å²) < 4.78 is 0. The number of hydrogen-bond donors (Lipinski definition) is 1. The third kappa shape index (κ3) is 4.49. The second-order valence-corrected chi connectivity index (χ2v) is 7.50. The highest BCUT2D eigenvalue weighted by molar-refractivity contribution is 5.81. The van der Waals surface area contributed by atoms with Crippen molar-refractivity contribution >= 4 is 11.6 Å². The normalized spacial score (nSPS) is 16.4. The van der Waals surface area contributed by atoms with Crippen molar-refractivity contribution in [1.82, 2.24) is 5.32 Å². The molecule has 3 nitrogen and oxygen atoms in total. The molecular weight excluding hydrogens is 272 g/mol. The highest BCUT2D eigenvalue weighted by Crippen LogP contribution is 2.26. The average molecular weight is 302 g/mol. The first-order valence-electron chi connectivity index (χ1n) is 8.48. The van der Waals surface area contributed by atoms with E-state index in [-0.39, 0.29) is 11.3 Å². The number of benzene rings is 1. The Kier molecular flexibility index (Phi) is 5.49. The van der Waals surface area contributed by atoms with Crippen LogP contribution in [0, 0.1) is 5.41 Å². The smallest absolute Gasteiger partial charge is 0.225 e. The van der Waals surface area contributed by atoms with E-state index in [9.17, 15) is 4.79 Å². The molecule has 0 saturated heterocycles. The second kappa shape index (κ2) is 7.17. The Morgan fingerprint density at radius 2 is 1.73 bits per heavy atom. The molecule has 0 bridgehead atoms. The number of nitrogens with zero attached hydrogens (tertiary/aromatic N) is 1. The number of rotatable bonds is 4. The molecule has 1 fully saturated rings. The number of carbonyl (C=O) groups excluding carboxylic acids is 1. The van der Waals surface area contributed by atoms with Crippen molar-refractivity contribution in [3.63, 3.8) is 0 Å². The Morgan fingerprint density at radius 3 is 2.27 bits per heavy atom. The Bertz CT molecular complexity index is 481. The summed E-state index contributed by atoms with van der Waals surface area (Å²) >= 11 is 0. The minimum Gasteiger partial charge on any atom is -0.372 e. The zero-order valence-corrected chi connectivity index (χ0v) is 14.5. The molecule has 0 spiro atoms. The van der Waals surface area contributed by atoms with Crippen molar-refractivity contribution < 1.29 is 4.79 Å². The van der Waals surface area contributed by atoms with Crippen LogP contribution in [0.5, 0.6) is 0 Å². The number of carbonyl (C=O) groups is 1. The minimum atomic E-state index is -0.332. The fourth-order valence-electron chi connectivity index (χ4n) is 2.98. The van der Waals surface area contributed by atoms with Gasteiger partial charge in [0.25, 0.3) is 0 Å². The summed E-state index contributed by atoms with van der Waals surface area (Å²) in [6.45, 7) is 6.41. The predicted octanol–water partition coefficient (Wildman–Crippen LogP) is 4.12. The molecule has 0 atom stereocenters. The van der Waals surface area contributed by atoms with E-state index < -0.39 is 0 Å². The Balaban J connectivity index is 1.91. The largest absolute Gasteiger partial charge is 0.372 e. The molecule has 1 aliphatic rings. The monoisotopic (exact) mass is 302 g/mol. The first-order valence-corrected chi connectivity index (χ1v) is 8.48. The summed E-state index contributed by atoms with van der Waals surface area (Å²) in [6, 6.07) is 9.27. The molecule has 1 N–H and O–H groups in total. The predicted molar refractivity (Wildman–Crippen MR) is 93.0 cm³/mol. The highest BCUT2D eigenvalue weighted by atomic mass is 16.2. The van der Waals surface area contributed by atoms with E-state index in [0.717, 1.165) is 5.56 Å². The summed E-state index contributed by atoms with van der Waals surface area (Å²) in [5, 5.41) is 3.00. The van der Waals surface area contributed by atoms with E-state index in [4.69, 9.17) is 0 Å². The Labute approximate surface area is 135 Å². The van der Waals surface area contributed by atoms with Crippen LogP contribution in [0.4, 0.5) is 5.69 Å². The summed E-state index contributed by atoms with van der Waals surface area (Å²) in [6.07, 6.45) is 6.70. The summed E-state index contributed by atoms with van der Waals surface area (Å²) in [5.74, 6) is 0.0934. The number of hydrogen-bond acceptors (Lipinski definition) is 2. The van der Waals surface area contributed by atoms with Gasteiger partial charge in [-0.15, -0.1) is 0 Å². The average Bonchev–Trinajstić information content (AvgIpc) is 2.52.